The van der Waals surface area contributed by atoms with Crippen LogP contribution in [0.1, 0.15) is 17.2 Å². The third-order valence-electron chi connectivity index (χ3n) is 2.66. The molecule has 2 aromatic rings. The molecule has 1 atom stereocenters. The van der Waals surface area contributed by atoms with Crippen LogP contribution < -0.4 is 5.73 Å². The number of rotatable bonds is 3. The lowest BCUT2D eigenvalue weighted by atomic mass is 10.00. The highest BCUT2D eigenvalue weighted by Gasteiger charge is 2.11. The van der Waals surface area contributed by atoms with Gasteiger partial charge >= 0.3 is 0 Å². The molecule has 0 saturated heterocycles. The van der Waals surface area contributed by atoms with Gasteiger partial charge in [0.1, 0.15) is 5.82 Å². The molecule has 0 radical (unpaired) electrons. The summed E-state index contributed by atoms with van der Waals surface area (Å²) in [6.07, 6.45) is 0.766. The molecule has 0 bridgehead atoms. The molecule has 1 unspecified atom stereocenters. The van der Waals surface area contributed by atoms with E-state index < -0.39 is 0 Å². The first-order chi connectivity index (χ1) is 8.16. The van der Waals surface area contributed by atoms with Crippen molar-refractivity contribution in [1.82, 2.24) is 0 Å². The van der Waals surface area contributed by atoms with Gasteiger partial charge in [-0.15, -0.1) is 0 Å². The Kier molecular flexibility index (Phi) is 4.12. The zero-order valence-corrected chi connectivity index (χ0v) is 11.4. The van der Waals surface area contributed by atoms with Crippen LogP contribution in [0.2, 0.25) is 0 Å². The molecular weight excluding hydrogens is 328 g/mol. The van der Waals surface area contributed by atoms with Gasteiger partial charge in [-0.1, -0.05) is 36.4 Å². The van der Waals surface area contributed by atoms with Gasteiger partial charge in [0.2, 0.25) is 0 Å². The van der Waals surface area contributed by atoms with Gasteiger partial charge in [0.05, 0.1) is 0 Å². The van der Waals surface area contributed by atoms with Gasteiger partial charge in [-0.05, 0) is 52.3 Å². The molecule has 17 heavy (non-hydrogen) atoms. The average Bonchev–Trinajstić information content (AvgIpc) is 2.30. The summed E-state index contributed by atoms with van der Waals surface area (Å²) in [6.45, 7) is 0. The van der Waals surface area contributed by atoms with E-state index in [0.717, 1.165) is 15.6 Å². The van der Waals surface area contributed by atoms with Gasteiger partial charge in [0, 0.05) is 9.61 Å². The van der Waals surface area contributed by atoms with Crippen LogP contribution in [0.5, 0.6) is 0 Å². The summed E-state index contributed by atoms with van der Waals surface area (Å²) in [5, 5.41) is 0. The SMILES string of the molecule is NC(Cc1ccccc1)c1ccc(F)cc1I. The molecule has 0 spiro atoms. The summed E-state index contributed by atoms with van der Waals surface area (Å²) < 4.78 is 13.9. The smallest absolute Gasteiger partial charge is 0.124 e. The number of nitrogens with two attached hydrogens (primary N) is 1. The fourth-order valence-corrected chi connectivity index (χ4v) is 2.66. The maximum atomic E-state index is 13.0. The molecule has 0 aliphatic carbocycles. The molecule has 0 amide bonds. The van der Waals surface area contributed by atoms with Crippen molar-refractivity contribution >= 4 is 22.6 Å². The third kappa shape index (κ3) is 3.26. The van der Waals surface area contributed by atoms with Crippen LogP contribution in [0.25, 0.3) is 0 Å². The van der Waals surface area contributed by atoms with E-state index in [4.69, 9.17) is 5.73 Å². The Morgan fingerprint density at radius 2 is 1.82 bits per heavy atom. The number of benzene rings is 2. The standard InChI is InChI=1S/C14H13FIN/c15-11-6-7-12(13(16)9-11)14(17)8-10-4-2-1-3-5-10/h1-7,9,14H,8,17H2. The Morgan fingerprint density at radius 3 is 2.47 bits per heavy atom. The first-order valence-electron chi connectivity index (χ1n) is 5.41. The molecule has 0 fully saturated rings. The van der Waals surface area contributed by atoms with E-state index >= 15 is 0 Å². The van der Waals surface area contributed by atoms with Gasteiger partial charge in [-0.2, -0.15) is 0 Å². The molecule has 0 aliphatic heterocycles. The van der Waals surface area contributed by atoms with E-state index in [2.05, 4.69) is 34.7 Å². The Balaban J connectivity index is 2.17. The highest BCUT2D eigenvalue weighted by molar-refractivity contribution is 14.1. The van der Waals surface area contributed by atoms with Crippen LogP contribution >= 0.6 is 22.6 Å². The first-order valence-corrected chi connectivity index (χ1v) is 6.49. The normalized spacial score (nSPS) is 12.4. The molecule has 2 rings (SSSR count). The van der Waals surface area contributed by atoms with Crippen molar-refractivity contribution in [2.75, 3.05) is 0 Å². The number of hydrogen-bond donors (Lipinski definition) is 1. The predicted molar refractivity (Wildman–Crippen MR) is 76.2 cm³/mol. The molecule has 2 aromatic carbocycles. The molecule has 0 aliphatic rings. The second-order valence-electron chi connectivity index (χ2n) is 3.96. The summed E-state index contributed by atoms with van der Waals surface area (Å²) >= 11 is 2.12. The van der Waals surface area contributed by atoms with Crippen LogP contribution in [0.4, 0.5) is 4.39 Å². The van der Waals surface area contributed by atoms with E-state index in [0.29, 0.717) is 0 Å². The molecule has 0 aromatic heterocycles. The van der Waals surface area contributed by atoms with Crippen molar-refractivity contribution in [2.24, 2.45) is 5.73 Å². The Bertz CT molecular complexity index is 499. The molecular formula is C14H13FIN. The fraction of sp³-hybridized carbons (Fsp3) is 0.143. The zero-order valence-electron chi connectivity index (χ0n) is 9.24. The zero-order chi connectivity index (χ0) is 12.3. The van der Waals surface area contributed by atoms with Crippen molar-refractivity contribution in [2.45, 2.75) is 12.5 Å². The highest BCUT2D eigenvalue weighted by Crippen LogP contribution is 2.22. The number of hydrogen-bond acceptors (Lipinski definition) is 1. The van der Waals surface area contributed by atoms with E-state index in [9.17, 15) is 4.39 Å². The quantitative estimate of drug-likeness (QED) is 0.847. The summed E-state index contributed by atoms with van der Waals surface area (Å²) in [7, 11) is 0. The second-order valence-corrected chi connectivity index (χ2v) is 5.12. The monoisotopic (exact) mass is 341 g/mol. The van der Waals surface area contributed by atoms with Crippen LogP contribution in [0.15, 0.2) is 48.5 Å². The predicted octanol–water partition coefficient (Wildman–Crippen LogP) is 3.67. The van der Waals surface area contributed by atoms with Crippen molar-refractivity contribution in [1.29, 1.82) is 0 Å². The molecule has 88 valence electrons. The van der Waals surface area contributed by atoms with E-state index in [-0.39, 0.29) is 11.9 Å². The summed E-state index contributed by atoms with van der Waals surface area (Å²) in [6, 6.07) is 14.7. The topological polar surface area (TPSA) is 26.0 Å². The minimum Gasteiger partial charge on any atom is -0.324 e. The second kappa shape index (κ2) is 5.60. The van der Waals surface area contributed by atoms with Gasteiger partial charge in [0.25, 0.3) is 0 Å². The molecule has 3 heteroatoms. The first kappa shape index (κ1) is 12.5. The maximum absolute atomic E-state index is 13.0. The highest BCUT2D eigenvalue weighted by atomic mass is 127. The van der Waals surface area contributed by atoms with E-state index in [1.165, 1.54) is 17.7 Å². The molecule has 0 heterocycles. The summed E-state index contributed by atoms with van der Waals surface area (Å²) in [4.78, 5) is 0. The third-order valence-corrected chi connectivity index (χ3v) is 3.59. The summed E-state index contributed by atoms with van der Waals surface area (Å²) in [5.74, 6) is -0.218. The van der Waals surface area contributed by atoms with Gasteiger partial charge in [-0.3, -0.25) is 0 Å². The minimum atomic E-state index is -0.218. The summed E-state index contributed by atoms with van der Waals surface area (Å²) in [5.41, 5.74) is 8.34. The molecule has 0 saturated carbocycles. The van der Waals surface area contributed by atoms with Crippen molar-refractivity contribution in [3.05, 3.63) is 69.0 Å². The molecule has 1 nitrogen and oxygen atoms in total. The lowest BCUT2D eigenvalue weighted by molar-refractivity contribution is 0.622. The van der Waals surface area contributed by atoms with Crippen LogP contribution in [0.3, 0.4) is 0 Å². The van der Waals surface area contributed by atoms with Gasteiger partial charge < -0.3 is 5.73 Å². The lowest BCUT2D eigenvalue weighted by Gasteiger charge is -2.14. The van der Waals surface area contributed by atoms with Crippen molar-refractivity contribution in [3.8, 4) is 0 Å². The van der Waals surface area contributed by atoms with E-state index in [1.807, 2.05) is 18.2 Å². The van der Waals surface area contributed by atoms with Crippen LogP contribution in [0, 0.1) is 9.39 Å². The Morgan fingerprint density at radius 1 is 1.12 bits per heavy atom. The minimum absolute atomic E-state index is 0.0927. The largest absolute Gasteiger partial charge is 0.324 e. The van der Waals surface area contributed by atoms with Crippen molar-refractivity contribution < 1.29 is 4.39 Å². The maximum Gasteiger partial charge on any atom is 0.124 e. The Labute approximate surface area is 114 Å². The van der Waals surface area contributed by atoms with Gasteiger partial charge in [-0.25, -0.2) is 4.39 Å². The molecule has 2 N–H and O–H groups in total. The van der Waals surface area contributed by atoms with E-state index in [1.54, 1.807) is 6.07 Å². The average molecular weight is 341 g/mol. The van der Waals surface area contributed by atoms with Crippen LogP contribution in [-0.4, -0.2) is 0 Å². The fourth-order valence-electron chi connectivity index (χ4n) is 1.78. The van der Waals surface area contributed by atoms with Crippen LogP contribution in [-0.2, 0) is 6.42 Å². The number of halogens is 2. The van der Waals surface area contributed by atoms with Gasteiger partial charge in [0.15, 0.2) is 0 Å². The van der Waals surface area contributed by atoms with Crippen molar-refractivity contribution in [3.63, 3.8) is 0 Å². The lowest BCUT2D eigenvalue weighted by Crippen LogP contribution is -2.14. The Hall–Kier alpha value is -0.940.